The van der Waals surface area contributed by atoms with E-state index in [0.717, 1.165) is 47.0 Å². The molecule has 0 unspecified atom stereocenters. The molecule has 1 fully saturated rings. The number of anilines is 1. The fourth-order valence-corrected chi connectivity index (χ4v) is 4.05. The first-order chi connectivity index (χ1) is 14.6. The highest BCUT2D eigenvalue weighted by molar-refractivity contribution is 6.14. The zero-order chi connectivity index (χ0) is 20.7. The molecule has 0 atom stereocenters. The number of amides is 1. The number of benzene rings is 1. The summed E-state index contributed by atoms with van der Waals surface area (Å²) in [6.07, 6.45) is 5.49. The predicted octanol–water partition coefficient (Wildman–Crippen LogP) is 1.90. The van der Waals surface area contributed by atoms with Gasteiger partial charge in [0.2, 0.25) is 5.91 Å². The van der Waals surface area contributed by atoms with Crippen LogP contribution in [0.15, 0.2) is 48.0 Å². The van der Waals surface area contributed by atoms with E-state index in [9.17, 15) is 4.79 Å². The van der Waals surface area contributed by atoms with E-state index in [1.807, 2.05) is 30.4 Å². The zero-order valence-corrected chi connectivity index (χ0v) is 17.1. The SMILES string of the molecule is CC(=O)N1CCN(c2cc(C3=NCc4ccc(-c5cnn(C)c5)cc43)ncn2)CC1. The number of aliphatic imine (C=N–C) groups is 1. The van der Waals surface area contributed by atoms with Gasteiger partial charge in [0.05, 0.1) is 24.1 Å². The molecule has 0 N–H and O–H groups in total. The Hall–Kier alpha value is -3.55. The van der Waals surface area contributed by atoms with Crippen molar-refractivity contribution in [3.63, 3.8) is 0 Å². The van der Waals surface area contributed by atoms with Gasteiger partial charge < -0.3 is 9.80 Å². The molecule has 3 aromatic rings. The summed E-state index contributed by atoms with van der Waals surface area (Å²) >= 11 is 0. The monoisotopic (exact) mass is 401 g/mol. The van der Waals surface area contributed by atoms with Crippen LogP contribution in [0.2, 0.25) is 0 Å². The van der Waals surface area contributed by atoms with Gasteiger partial charge in [0.15, 0.2) is 0 Å². The first-order valence-corrected chi connectivity index (χ1v) is 10.1. The number of nitrogens with zero attached hydrogens (tertiary/aromatic N) is 7. The van der Waals surface area contributed by atoms with Crippen LogP contribution in [0.1, 0.15) is 23.7 Å². The minimum atomic E-state index is 0.124. The van der Waals surface area contributed by atoms with Crippen molar-refractivity contribution in [2.75, 3.05) is 31.1 Å². The van der Waals surface area contributed by atoms with Crippen LogP contribution < -0.4 is 4.90 Å². The summed E-state index contributed by atoms with van der Waals surface area (Å²) in [5.74, 6) is 1.00. The molecule has 0 radical (unpaired) electrons. The van der Waals surface area contributed by atoms with Gasteiger partial charge in [-0.05, 0) is 17.2 Å². The van der Waals surface area contributed by atoms with Gasteiger partial charge in [0, 0.05) is 63.5 Å². The number of fused-ring (bicyclic) bond motifs is 1. The minimum absolute atomic E-state index is 0.124. The molecule has 2 aliphatic rings. The van der Waals surface area contributed by atoms with E-state index in [0.29, 0.717) is 19.6 Å². The second kappa shape index (κ2) is 7.37. The second-order valence-electron chi connectivity index (χ2n) is 7.69. The van der Waals surface area contributed by atoms with Crippen LogP contribution in [0.25, 0.3) is 11.1 Å². The van der Waals surface area contributed by atoms with Gasteiger partial charge in [0.1, 0.15) is 12.1 Å². The molecular weight excluding hydrogens is 378 g/mol. The Balaban J connectivity index is 1.42. The van der Waals surface area contributed by atoms with Crippen LogP contribution in [-0.2, 0) is 18.4 Å². The maximum absolute atomic E-state index is 11.6. The quantitative estimate of drug-likeness (QED) is 0.670. The van der Waals surface area contributed by atoms with E-state index < -0.39 is 0 Å². The van der Waals surface area contributed by atoms with Gasteiger partial charge in [0.25, 0.3) is 0 Å². The largest absolute Gasteiger partial charge is 0.353 e. The first kappa shape index (κ1) is 18.5. The van der Waals surface area contributed by atoms with Crippen LogP contribution in [0.3, 0.4) is 0 Å². The molecule has 2 aliphatic heterocycles. The molecule has 1 aromatic carbocycles. The molecule has 8 heteroatoms. The van der Waals surface area contributed by atoms with Crippen LogP contribution in [0.5, 0.6) is 0 Å². The van der Waals surface area contributed by atoms with Crippen LogP contribution >= 0.6 is 0 Å². The van der Waals surface area contributed by atoms with Crippen LogP contribution in [0.4, 0.5) is 5.82 Å². The topological polar surface area (TPSA) is 79.5 Å². The Morgan fingerprint density at radius 2 is 1.87 bits per heavy atom. The fraction of sp³-hybridized carbons (Fsp3) is 0.318. The fourth-order valence-electron chi connectivity index (χ4n) is 4.05. The molecule has 152 valence electrons. The van der Waals surface area contributed by atoms with E-state index in [-0.39, 0.29) is 5.91 Å². The highest BCUT2D eigenvalue weighted by Crippen LogP contribution is 2.28. The Labute approximate surface area is 174 Å². The number of aryl methyl sites for hydroxylation is 1. The van der Waals surface area contributed by atoms with E-state index in [2.05, 4.69) is 38.2 Å². The minimum Gasteiger partial charge on any atom is -0.353 e. The number of carbonyl (C=O) groups excluding carboxylic acids is 1. The third-order valence-corrected chi connectivity index (χ3v) is 5.75. The van der Waals surface area contributed by atoms with Crippen molar-refractivity contribution in [1.82, 2.24) is 24.6 Å². The molecule has 0 aliphatic carbocycles. The van der Waals surface area contributed by atoms with Crippen molar-refractivity contribution in [2.24, 2.45) is 12.0 Å². The molecule has 0 saturated carbocycles. The standard InChI is InChI=1S/C22H23N7O/c1-15(30)28-5-7-29(8-6-28)21-10-20(24-14-25-21)22-19-9-16(3-4-17(19)11-23-22)18-12-26-27(2)13-18/h3-4,9-10,12-14H,5-8,11H2,1-2H3. The molecule has 1 amide bonds. The molecular formula is C22H23N7O. The maximum Gasteiger partial charge on any atom is 0.219 e. The zero-order valence-electron chi connectivity index (χ0n) is 17.1. The summed E-state index contributed by atoms with van der Waals surface area (Å²) < 4.78 is 1.81. The molecule has 30 heavy (non-hydrogen) atoms. The molecule has 0 spiro atoms. The molecule has 4 heterocycles. The van der Waals surface area contributed by atoms with Crippen molar-refractivity contribution < 1.29 is 4.79 Å². The number of rotatable bonds is 3. The van der Waals surface area contributed by atoms with E-state index in [1.165, 1.54) is 5.56 Å². The van der Waals surface area contributed by atoms with Crippen molar-refractivity contribution in [2.45, 2.75) is 13.5 Å². The van der Waals surface area contributed by atoms with Crippen molar-refractivity contribution in [1.29, 1.82) is 0 Å². The number of hydrogen-bond donors (Lipinski definition) is 0. The van der Waals surface area contributed by atoms with Gasteiger partial charge in [-0.3, -0.25) is 14.5 Å². The normalized spacial score (nSPS) is 15.9. The molecule has 5 rings (SSSR count). The second-order valence-corrected chi connectivity index (χ2v) is 7.69. The van der Waals surface area contributed by atoms with Gasteiger partial charge in [-0.2, -0.15) is 5.10 Å². The summed E-state index contributed by atoms with van der Waals surface area (Å²) in [7, 11) is 1.92. The molecule has 0 bridgehead atoms. The van der Waals surface area contributed by atoms with Crippen molar-refractivity contribution >= 4 is 17.4 Å². The molecule has 2 aromatic heterocycles. The maximum atomic E-state index is 11.6. The summed E-state index contributed by atoms with van der Waals surface area (Å²) in [5.41, 5.74) is 6.25. The Bertz CT molecular complexity index is 1140. The van der Waals surface area contributed by atoms with Crippen LogP contribution in [-0.4, -0.2) is 62.4 Å². The van der Waals surface area contributed by atoms with Gasteiger partial charge in [-0.15, -0.1) is 0 Å². The lowest BCUT2D eigenvalue weighted by Gasteiger charge is -2.34. The Kier molecular flexibility index (Phi) is 4.54. The summed E-state index contributed by atoms with van der Waals surface area (Å²) in [6.45, 7) is 5.25. The third kappa shape index (κ3) is 3.34. The lowest BCUT2D eigenvalue weighted by molar-refractivity contribution is -0.129. The smallest absolute Gasteiger partial charge is 0.219 e. The third-order valence-electron chi connectivity index (χ3n) is 5.75. The van der Waals surface area contributed by atoms with E-state index in [1.54, 1.807) is 17.9 Å². The number of carbonyl (C=O) groups is 1. The Morgan fingerprint density at radius 3 is 2.60 bits per heavy atom. The number of aromatic nitrogens is 4. The van der Waals surface area contributed by atoms with Gasteiger partial charge >= 0.3 is 0 Å². The average Bonchev–Trinajstić information content (AvgIpc) is 3.39. The van der Waals surface area contributed by atoms with Crippen molar-refractivity contribution in [3.8, 4) is 11.1 Å². The van der Waals surface area contributed by atoms with Gasteiger partial charge in [-0.1, -0.05) is 12.1 Å². The Morgan fingerprint density at radius 1 is 1.03 bits per heavy atom. The lowest BCUT2D eigenvalue weighted by atomic mass is 9.98. The average molecular weight is 401 g/mol. The molecule has 8 nitrogen and oxygen atoms in total. The van der Waals surface area contributed by atoms with Gasteiger partial charge in [-0.25, -0.2) is 9.97 Å². The van der Waals surface area contributed by atoms with E-state index >= 15 is 0 Å². The highest BCUT2D eigenvalue weighted by Gasteiger charge is 2.23. The molecule has 1 saturated heterocycles. The summed E-state index contributed by atoms with van der Waals surface area (Å²) in [6, 6.07) is 8.44. The van der Waals surface area contributed by atoms with E-state index in [4.69, 9.17) is 4.99 Å². The summed E-state index contributed by atoms with van der Waals surface area (Å²) in [4.78, 5) is 29.4. The number of piperazine rings is 1. The van der Waals surface area contributed by atoms with Crippen LogP contribution in [0, 0.1) is 0 Å². The van der Waals surface area contributed by atoms with Crippen molar-refractivity contribution in [3.05, 3.63) is 59.8 Å². The first-order valence-electron chi connectivity index (χ1n) is 10.1. The number of hydrogen-bond acceptors (Lipinski definition) is 6. The summed E-state index contributed by atoms with van der Waals surface area (Å²) in [5, 5.41) is 4.28. The lowest BCUT2D eigenvalue weighted by Crippen LogP contribution is -2.48. The highest BCUT2D eigenvalue weighted by atomic mass is 16.2. The predicted molar refractivity (Wildman–Crippen MR) is 114 cm³/mol.